The molecule has 3 aromatic rings. The number of aromatic nitrogens is 4. The van der Waals surface area contributed by atoms with Gasteiger partial charge in [-0.1, -0.05) is 19.6 Å². The Kier molecular flexibility index (Phi) is 7.32. The molecule has 1 aliphatic heterocycles. The maximum absolute atomic E-state index is 12.6. The van der Waals surface area contributed by atoms with Crippen LogP contribution in [0.1, 0.15) is 25.8 Å². The van der Waals surface area contributed by atoms with Crippen molar-refractivity contribution in [2.75, 3.05) is 19.7 Å². The standard InChI is InChI=1S/C25H33N7O3SSi/c1-19(2)36(33,34)31-16-25(17-31,7-8-26)32-15-21(14-29-32)23-20(12-27)13-28-24-22(23)6-9-30(24)18-35-10-11-37(3,4)5/h6,9,13-15,19H,7,10-11,16-18H2,1-5H3. The maximum Gasteiger partial charge on any atom is 0.216 e. The van der Waals surface area contributed by atoms with Crippen LogP contribution in [0.3, 0.4) is 0 Å². The summed E-state index contributed by atoms with van der Waals surface area (Å²) >= 11 is 0. The molecule has 4 heterocycles. The second-order valence-corrected chi connectivity index (χ2v) is 19.2. The van der Waals surface area contributed by atoms with Crippen molar-refractivity contribution >= 4 is 29.1 Å². The summed E-state index contributed by atoms with van der Waals surface area (Å²) < 4.78 is 36.1. The van der Waals surface area contributed by atoms with Crippen LogP contribution in [0.15, 0.2) is 30.9 Å². The summed E-state index contributed by atoms with van der Waals surface area (Å²) in [5, 5.41) is 24.1. The van der Waals surface area contributed by atoms with Crippen molar-refractivity contribution in [3.63, 3.8) is 0 Å². The lowest BCUT2D eigenvalue weighted by Gasteiger charge is -2.48. The first-order chi connectivity index (χ1) is 17.4. The normalized spacial score (nSPS) is 16.0. The third-order valence-electron chi connectivity index (χ3n) is 6.80. The molecule has 196 valence electrons. The Hall–Kier alpha value is -3.03. The summed E-state index contributed by atoms with van der Waals surface area (Å²) in [5.74, 6) is 0. The predicted octanol–water partition coefficient (Wildman–Crippen LogP) is 3.75. The monoisotopic (exact) mass is 539 g/mol. The zero-order chi connectivity index (χ0) is 27.0. The van der Waals surface area contributed by atoms with E-state index in [9.17, 15) is 18.9 Å². The van der Waals surface area contributed by atoms with Gasteiger partial charge in [0.25, 0.3) is 0 Å². The van der Waals surface area contributed by atoms with Crippen LogP contribution in [0.4, 0.5) is 0 Å². The molecule has 1 saturated heterocycles. The number of hydrogen-bond donors (Lipinski definition) is 0. The van der Waals surface area contributed by atoms with Crippen molar-refractivity contribution in [3.8, 4) is 23.3 Å². The molecule has 0 saturated carbocycles. The number of fused-ring (bicyclic) bond motifs is 1. The molecule has 0 aliphatic carbocycles. The summed E-state index contributed by atoms with van der Waals surface area (Å²) in [6, 6.07) is 7.41. The van der Waals surface area contributed by atoms with E-state index >= 15 is 0 Å². The van der Waals surface area contributed by atoms with Crippen LogP contribution >= 0.6 is 0 Å². The largest absolute Gasteiger partial charge is 0.361 e. The van der Waals surface area contributed by atoms with E-state index in [1.165, 1.54) is 4.31 Å². The highest BCUT2D eigenvalue weighted by atomic mass is 32.2. The van der Waals surface area contributed by atoms with E-state index in [1.807, 2.05) is 16.8 Å². The molecule has 0 bridgehead atoms. The number of hydrogen-bond acceptors (Lipinski definition) is 7. The van der Waals surface area contributed by atoms with Crippen molar-refractivity contribution < 1.29 is 13.2 Å². The van der Waals surface area contributed by atoms with Gasteiger partial charge >= 0.3 is 0 Å². The SMILES string of the molecule is CC(C)S(=O)(=O)N1CC(CC#N)(n2cc(-c3c(C#N)cnc4c3ccn4COCC[Si](C)(C)C)cn2)C1. The second kappa shape index (κ2) is 10.0. The minimum absolute atomic E-state index is 0.125. The Morgan fingerprint density at radius 1 is 1.22 bits per heavy atom. The van der Waals surface area contributed by atoms with Crippen LogP contribution in [-0.4, -0.2) is 65.1 Å². The van der Waals surface area contributed by atoms with Crippen LogP contribution in [0.5, 0.6) is 0 Å². The van der Waals surface area contributed by atoms with Gasteiger partial charge in [0.15, 0.2) is 0 Å². The van der Waals surface area contributed by atoms with Crippen LogP contribution in [0, 0.1) is 22.7 Å². The van der Waals surface area contributed by atoms with Gasteiger partial charge in [0.1, 0.15) is 24.0 Å². The highest BCUT2D eigenvalue weighted by Gasteiger charge is 2.50. The molecule has 12 heteroatoms. The van der Waals surface area contributed by atoms with Gasteiger partial charge in [0, 0.05) is 62.9 Å². The summed E-state index contributed by atoms with van der Waals surface area (Å²) in [7, 11) is -4.61. The predicted molar refractivity (Wildman–Crippen MR) is 144 cm³/mol. The molecule has 0 aromatic carbocycles. The third kappa shape index (κ3) is 5.20. The number of sulfonamides is 1. The average Bonchev–Trinajstić information content (AvgIpc) is 3.45. The second-order valence-electron chi connectivity index (χ2n) is 11.1. The lowest BCUT2D eigenvalue weighted by atomic mass is 9.89. The van der Waals surface area contributed by atoms with Crippen molar-refractivity contribution in [2.45, 2.75) is 63.5 Å². The Morgan fingerprint density at radius 3 is 2.57 bits per heavy atom. The third-order valence-corrected chi connectivity index (χ3v) is 10.7. The number of rotatable bonds is 10. The van der Waals surface area contributed by atoms with Gasteiger partial charge in [-0.05, 0) is 26.0 Å². The van der Waals surface area contributed by atoms with E-state index in [1.54, 1.807) is 37.1 Å². The topological polar surface area (TPSA) is 130 Å². The molecule has 37 heavy (non-hydrogen) atoms. The fraction of sp³-hybridized carbons (Fsp3) is 0.520. The number of ether oxygens (including phenoxy) is 1. The van der Waals surface area contributed by atoms with Gasteiger partial charge in [-0.15, -0.1) is 0 Å². The molecule has 0 N–H and O–H groups in total. The van der Waals surface area contributed by atoms with E-state index in [0.717, 1.165) is 11.4 Å². The van der Waals surface area contributed by atoms with E-state index in [0.29, 0.717) is 35.7 Å². The highest BCUT2D eigenvalue weighted by Crippen LogP contribution is 2.38. The number of nitriles is 2. The molecule has 1 aliphatic rings. The molecule has 1 fully saturated rings. The average molecular weight is 540 g/mol. The quantitative estimate of drug-likeness (QED) is 0.283. The maximum atomic E-state index is 12.6. The molecule has 0 atom stereocenters. The lowest BCUT2D eigenvalue weighted by Crippen LogP contribution is -2.65. The van der Waals surface area contributed by atoms with Crippen LogP contribution in [-0.2, 0) is 27.0 Å². The van der Waals surface area contributed by atoms with E-state index in [2.05, 4.69) is 41.9 Å². The van der Waals surface area contributed by atoms with E-state index < -0.39 is 28.9 Å². The van der Waals surface area contributed by atoms with Crippen LogP contribution < -0.4 is 0 Å². The van der Waals surface area contributed by atoms with Crippen molar-refractivity contribution in [1.82, 2.24) is 23.6 Å². The van der Waals surface area contributed by atoms with Crippen LogP contribution in [0.25, 0.3) is 22.2 Å². The van der Waals surface area contributed by atoms with E-state index in [-0.39, 0.29) is 19.5 Å². The smallest absolute Gasteiger partial charge is 0.216 e. The molecule has 0 unspecified atom stereocenters. The Bertz CT molecular complexity index is 1480. The van der Waals surface area contributed by atoms with Crippen molar-refractivity contribution in [3.05, 3.63) is 36.4 Å². The molecule has 10 nitrogen and oxygen atoms in total. The minimum atomic E-state index is -3.42. The first-order valence-corrected chi connectivity index (χ1v) is 17.5. The van der Waals surface area contributed by atoms with Crippen molar-refractivity contribution in [2.24, 2.45) is 0 Å². The molecular formula is C25H33N7O3SSi. The fourth-order valence-electron chi connectivity index (χ4n) is 4.46. The highest BCUT2D eigenvalue weighted by molar-refractivity contribution is 7.89. The fourth-order valence-corrected chi connectivity index (χ4v) is 6.66. The van der Waals surface area contributed by atoms with Crippen LogP contribution in [0.2, 0.25) is 25.7 Å². The zero-order valence-corrected chi connectivity index (χ0v) is 23.8. The van der Waals surface area contributed by atoms with Gasteiger partial charge in [-0.3, -0.25) is 4.68 Å². The molecule has 0 radical (unpaired) electrons. The van der Waals surface area contributed by atoms with E-state index in [4.69, 9.17) is 4.74 Å². The molecule has 3 aromatic heterocycles. The summed E-state index contributed by atoms with van der Waals surface area (Å²) in [5.41, 5.74) is 1.79. The molecule has 4 rings (SSSR count). The molecule has 0 amide bonds. The Labute approximate surface area is 219 Å². The van der Waals surface area contributed by atoms with Crippen molar-refractivity contribution in [1.29, 1.82) is 10.5 Å². The van der Waals surface area contributed by atoms with Gasteiger partial charge in [0.2, 0.25) is 10.0 Å². The summed E-state index contributed by atoms with van der Waals surface area (Å²) in [6.45, 7) is 11.7. The lowest BCUT2D eigenvalue weighted by molar-refractivity contribution is 0.0711. The number of pyridine rings is 1. The Morgan fingerprint density at radius 2 is 1.95 bits per heavy atom. The van der Waals surface area contributed by atoms with Gasteiger partial charge in [0.05, 0.1) is 29.5 Å². The molecule has 0 spiro atoms. The summed E-state index contributed by atoms with van der Waals surface area (Å²) in [6.07, 6.45) is 7.04. The zero-order valence-electron chi connectivity index (χ0n) is 22.0. The summed E-state index contributed by atoms with van der Waals surface area (Å²) in [4.78, 5) is 4.52. The van der Waals surface area contributed by atoms with Gasteiger partial charge in [-0.25, -0.2) is 13.4 Å². The number of nitrogens with zero attached hydrogens (tertiary/aromatic N) is 7. The molecular weight excluding hydrogens is 506 g/mol. The first-order valence-electron chi connectivity index (χ1n) is 12.3. The minimum Gasteiger partial charge on any atom is -0.361 e. The van der Waals surface area contributed by atoms with Gasteiger partial charge < -0.3 is 9.30 Å². The first kappa shape index (κ1) is 27.0. The van der Waals surface area contributed by atoms with Gasteiger partial charge in [-0.2, -0.15) is 19.9 Å². The Balaban J connectivity index is 1.64.